The molecule has 0 fully saturated rings. The second-order valence-electron chi connectivity index (χ2n) is 4.87. The average molecular weight is 275 g/mol. The summed E-state index contributed by atoms with van der Waals surface area (Å²) in [5.41, 5.74) is 3.19. The molecular formula is C18H13NO2. The normalized spacial score (nSPS) is 13.1. The molecule has 0 saturated heterocycles. The summed E-state index contributed by atoms with van der Waals surface area (Å²) in [6.07, 6.45) is 6.01. The molecule has 0 radical (unpaired) electrons. The summed E-state index contributed by atoms with van der Waals surface area (Å²) in [5, 5.41) is 1.06. The van der Waals surface area contributed by atoms with Gasteiger partial charge in [0.25, 0.3) is 0 Å². The number of hydrogen-bond donors (Lipinski definition) is 0. The molecule has 0 N–H and O–H groups in total. The summed E-state index contributed by atoms with van der Waals surface area (Å²) in [4.78, 5) is 4.40. The first-order valence-corrected chi connectivity index (χ1v) is 6.82. The Morgan fingerprint density at radius 1 is 0.905 bits per heavy atom. The highest BCUT2D eigenvalue weighted by molar-refractivity contribution is 5.92. The Labute approximate surface area is 122 Å². The Morgan fingerprint density at radius 3 is 2.57 bits per heavy atom. The summed E-state index contributed by atoms with van der Waals surface area (Å²) < 4.78 is 10.8. The first kappa shape index (κ1) is 12.0. The van der Waals surface area contributed by atoms with Gasteiger partial charge in [-0.15, -0.1) is 0 Å². The van der Waals surface area contributed by atoms with E-state index < -0.39 is 0 Å². The highest BCUT2D eigenvalue weighted by Gasteiger charge is 2.15. The van der Waals surface area contributed by atoms with E-state index in [-0.39, 0.29) is 6.79 Å². The zero-order valence-corrected chi connectivity index (χ0v) is 11.3. The van der Waals surface area contributed by atoms with Gasteiger partial charge in [-0.05, 0) is 23.3 Å². The molecule has 2 aromatic carbocycles. The molecule has 102 valence electrons. The maximum absolute atomic E-state index is 5.45. The van der Waals surface area contributed by atoms with Crippen molar-refractivity contribution in [1.82, 2.24) is 4.98 Å². The molecule has 3 heteroatoms. The largest absolute Gasteiger partial charge is 0.454 e. The molecule has 0 bridgehead atoms. The van der Waals surface area contributed by atoms with Gasteiger partial charge in [0.2, 0.25) is 6.79 Å². The van der Waals surface area contributed by atoms with Gasteiger partial charge in [0.05, 0.1) is 5.52 Å². The Morgan fingerprint density at radius 2 is 1.71 bits per heavy atom. The molecule has 4 rings (SSSR count). The van der Waals surface area contributed by atoms with Crippen molar-refractivity contribution in [3.05, 3.63) is 65.9 Å². The van der Waals surface area contributed by atoms with Crippen molar-refractivity contribution >= 4 is 23.1 Å². The minimum atomic E-state index is 0.279. The van der Waals surface area contributed by atoms with Crippen LogP contribution in [0.4, 0.5) is 0 Å². The van der Waals surface area contributed by atoms with E-state index >= 15 is 0 Å². The molecule has 3 aromatic rings. The second kappa shape index (κ2) is 4.94. The fourth-order valence-electron chi connectivity index (χ4n) is 2.45. The van der Waals surface area contributed by atoms with Gasteiger partial charge < -0.3 is 9.47 Å². The Hall–Kier alpha value is -2.81. The van der Waals surface area contributed by atoms with E-state index in [0.717, 1.165) is 28.0 Å². The van der Waals surface area contributed by atoms with E-state index in [0.29, 0.717) is 0 Å². The number of rotatable bonds is 2. The molecule has 1 aromatic heterocycles. The van der Waals surface area contributed by atoms with Crippen molar-refractivity contribution < 1.29 is 9.47 Å². The molecule has 1 aliphatic rings. The van der Waals surface area contributed by atoms with E-state index in [9.17, 15) is 0 Å². The lowest BCUT2D eigenvalue weighted by Gasteiger charge is -2.03. The van der Waals surface area contributed by atoms with Gasteiger partial charge in [-0.2, -0.15) is 0 Å². The summed E-state index contributed by atoms with van der Waals surface area (Å²) >= 11 is 0. The van der Waals surface area contributed by atoms with Gasteiger partial charge in [0.15, 0.2) is 11.5 Å². The van der Waals surface area contributed by atoms with Gasteiger partial charge in [-0.25, -0.2) is 0 Å². The molecule has 0 saturated carbocycles. The number of ether oxygens (including phenoxy) is 2. The van der Waals surface area contributed by atoms with Crippen molar-refractivity contribution in [3.8, 4) is 11.5 Å². The van der Waals surface area contributed by atoms with Gasteiger partial charge in [0, 0.05) is 17.6 Å². The SMILES string of the molecule is C(=C/c1ccnc2cc3c(cc12)OCO3)/c1ccccc1. The van der Waals surface area contributed by atoms with Crippen LogP contribution in [0, 0.1) is 0 Å². The third-order valence-corrected chi connectivity index (χ3v) is 3.52. The first-order valence-electron chi connectivity index (χ1n) is 6.82. The van der Waals surface area contributed by atoms with Crippen LogP contribution >= 0.6 is 0 Å². The molecule has 21 heavy (non-hydrogen) atoms. The van der Waals surface area contributed by atoms with E-state index in [2.05, 4.69) is 29.3 Å². The van der Waals surface area contributed by atoms with Crippen molar-refractivity contribution in [2.75, 3.05) is 6.79 Å². The summed E-state index contributed by atoms with van der Waals surface area (Å²) in [5.74, 6) is 1.55. The quantitative estimate of drug-likeness (QED) is 0.704. The first-order chi connectivity index (χ1) is 10.4. The maximum Gasteiger partial charge on any atom is 0.231 e. The minimum absolute atomic E-state index is 0.279. The van der Waals surface area contributed by atoms with Crippen molar-refractivity contribution in [2.45, 2.75) is 0 Å². The summed E-state index contributed by atoms with van der Waals surface area (Å²) in [6.45, 7) is 0.279. The lowest BCUT2D eigenvalue weighted by atomic mass is 10.1. The third kappa shape index (κ3) is 2.23. The molecule has 3 nitrogen and oxygen atoms in total. The minimum Gasteiger partial charge on any atom is -0.454 e. The number of pyridine rings is 1. The van der Waals surface area contributed by atoms with Crippen LogP contribution in [0.15, 0.2) is 54.7 Å². The molecular weight excluding hydrogens is 262 g/mol. The van der Waals surface area contributed by atoms with Crippen LogP contribution in [0.25, 0.3) is 23.1 Å². The highest BCUT2D eigenvalue weighted by Crippen LogP contribution is 2.36. The molecule has 0 aliphatic carbocycles. The zero-order valence-electron chi connectivity index (χ0n) is 11.3. The molecule has 0 atom stereocenters. The summed E-state index contributed by atoms with van der Waals surface area (Å²) in [6, 6.07) is 16.2. The van der Waals surface area contributed by atoms with Crippen molar-refractivity contribution in [3.63, 3.8) is 0 Å². The standard InChI is InChI=1S/C18H13NO2/c1-2-4-13(5-3-1)6-7-14-8-9-19-16-11-18-17(10-15(14)16)20-12-21-18/h1-11H,12H2/b7-6-. The lowest BCUT2D eigenvalue weighted by molar-refractivity contribution is 0.174. The average Bonchev–Trinajstić information content (AvgIpc) is 2.99. The fraction of sp³-hybridized carbons (Fsp3) is 0.0556. The fourth-order valence-corrected chi connectivity index (χ4v) is 2.45. The van der Waals surface area contributed by atoms with Crippen LogP contribution in [-0.2, 0) is 0 Å². The number of hydrogen-bond acceptors (Lipinski definition) is 3. The Balaban J connectivity index is 1.80. The van der Waals surface area contributed by atoms with Crippen LogP contribution in [0.1, 0.15) is 11.1 Å². The third-order valence-electron chi connectivity index (χ3n) is 3.52. The Bertz CT molecular complexity index is 825. The smallest absolute Gasteiger partial charge is 0.231 e. The number of benzene rings is 2. The molecule has 0 amide bonds. The predicted octanol–water partition coefficient (Wildman–Crippen LogP) is 4.13. The van der Waals surface area contributed by atoms with Crippen LogP contribution < -0.4 is 9.47 Å². The van der Waals surface area contributed by atoms with Gasteiger partial charge in [0.1, 0.15) is 0 Å². The molecule has 2 heterocycles. The van der Waals surface area contributed by atoms with E-state index in [1.165, 1.54) is 5.56 Å². The number of aromatic nitrogens is 1. The van der Waals surface area contributed by atoms with Crippen LogP contribution in [-0.4, -0.2) is 11.8 Å². The van der Waals surface area contributed by atoms with E-state index in [1.54, 1.807) is 0 Å². The molecule has 1 aliphatic heterocycles. The second-order valence-corrected chi connectivity index (χ2v) is 4.87. The Kier molecular flexibility index (Phi) is 2.82. The molecule has 0 unspecified atom stereocenters. The van der Waals surface area contributed by atoms with Gasteiger partial charge in [-0.1, -0.05) is 42.5 Å². The number of fused-ring (bicyclic) bond motifs is 2. The van der Waals surface area contributed by atoms with Crippen LogP contribution in [0.3, 0.4) is 0 Å². The van der Waals surface area contributed by atoms with Gasteiger partial charge >= 0.3 is 0 Å². The van der Waals surface area contributed by atoms with E-state index in [1.807, 2.05) is 42.6 Å². The van der Waals surface area contributed by atoms with Gasteiger partial charge in [-0.3, -0.25) is 4.98 Å². The van der Waals surface area contributed by atoms with Crippen molar-refractivity contribution in [2.24, 2.45) is 0 Å². The van der Waals surface area contributed by atoms with Crippen LogP contribution in [0.5, 0.6) is 11.5 Å². The topological polar surface area (TPSA) is 31.4 Å². The molecule has 0 spiro atoms. The predicted molar refractivity (Wildman–Crippen MR) is 83.2 cm³/mol. The monoisotopic (exact) mass is 275 g/mol. The van der Waals surface area contributed by atoms with Crippen molar-refractivity contribution in [1.29, 1.82) is 0 Å². The lowest BCUT2D eigenvalue weighted by Crippen LogP contribution is -1.92. The summed E-state index contributed by atoms with van der Waals surface area (Å²) in [7, 11) is 0. The maximum atomic E-state index is 5.45. The number of nitrogens with zero attached hydrogens (tertiary/aromatic N) is 1. The van der Waals surface area contributed by atoms with E-state index in [4.69, 9.17) is 9.47 Å². The van der Waals surface area contributed by atoms with Crippen LogP contribution in [0.2, 0.25) is 0 Å². The zero-order chi connectivity index (χ0) is 14.1. The highest BCUT2D eigenvalue weighted by atomic mass is 16.7.